The molecule has 0 saturated heterocycles. The second-order valence-corrected chi connectivity index (χ2v) is 3.87. The van der Waals surface area contributed by atoms with Crippen molar-refractivity contribution in [2.75, 3.05) is 6.54 Å². The number of nitrogens with one attached hydrogen (secondary N) is 1. The zero-order chi connectivity index (χ0) is 11.1. The lowest BCUT2D eigenvalue weighted by Gasteiger charge is -2.06. The molecule has 1 N–H and O–H groups in total. The van der Waals surface area contributed by atoms with E-state index in [1.54, 1.807) is 6.20 Å². The maximum atomic E-state index is 11.2. The smallest absolute Gasteiger partial charge is 0.222 e. The Morgan fingerprint density at radius 1 is 1.47 bits per heavy atom. The number of aromatic nitrogens is 1. The van der Waals surface area contributed by atoms with Gasteiger partial charge in [-0.3, -0.25) is 9.78 Å². The number of carbonyl (C=O) groups excluding carboxylic acids is 1. The first-order valence-electron chi connectivity index (χ1n) is 5.38. The zero-order valence-electron chi connectivity index (χ0n) is 9.36. The molecular weight excluding hydrogens is 188 g/mol. The predicted octanol–water partition coefficient (Wildman–Crippen LogP) is 1.79. The third-order valence-electron chi connectivity index (χ3n) is 2.16. The number of hydrogen-bond donors (Lipinski definition) is 1. The molecular formula is C12H18N2O. The van der Waals surface area contributed by atoms with Crippen LogP contribution in [-0.2, 0) is 11.2 Å². The second kappa shape index (κ2) is 6.17. The quantitative estimate of drug-likeness (QED) is 0.746. The summed E-state index contributed by atoms with van der Waals surface area (Å²) in [4.78, 5) is 15.4. The minimum Gasteiger partial charge on any atom is -0.356 e. The first kappa shape index (κ1) is 11.7. The summed E-state index contributed by atoms with van der Waals surface area (Å²) in [6, 6.07) is 5.89. The van der Waals surface area contributed by atoms with Crippen LogP contribution in [0.2, 0.25) is 0 Å². The molecule has 0 saturated carbocycles. The van der Waals surface area contributed by atoms with Crippen molar-refractivity contribution >= 4 is 5.91 Å². The Kier molecular flexibility index (Phi) is 4.81. The maximum absolute atomic E-state index is 11.2. The third kappa shape index (κ3) is 4.58. The molecule has 1 rings (SSSR count). The summed E-state index contributed by atoms with van der Waals surface area (Å²) in [5.41, 5.74) is 1.08. The summed E-state index contributed by atoms with van der Waals surface area (Å²) in [5.74, 6) is 0.191. The van der Waals surface area contributed by atoms with E-state index in [4.69, 9.17) is 0 Å². The van der Waals surface area contributed by atoms with Gasteiger partial charge in [-0.2, -0.15) is 0 Å². The number of amides is 1. The molecule has 0 fully saturated rings. The lowest BCUT2D eigenvalue weighted by molar-refractivity contribution is -0.123. The van der Waals surface area contributed by atoms with Gasteiger partial charge in [-0.15, -0.1) is 0 Å². The van der Waals surface area contributed by atoms with Crippen LogP contribution in [0.4, 0.5) is 0 Å². The Labute approximate surface area is 90.9 Å². The molecule has 0 aliphatic heterocycles. The fourth-order valence-corrected chi connectivity index (χ4v) is 1.23. The molecule has 3 nitrogen and oxygen atoms in total. The van der Waals surface area contributed by atoms with E-state index >= 15 is 0 Å². The summed E-state index contributed by atoms with van der Waals surface area (Å²) in [5, 5.41) is 2.89. The second-order valence-electron chi connectivity index (χ2n) is 3.87. The summed E-state index contributed by atoms with van der Waals surface area (Å²) in [6.07, 6.45) is 3.65. The Morgan fingerprint density at radius 2 is 2.27 bits per heavy atom. The van der Waals surface area contributed by atoms with Gasteiger partial charge >= 0.3 is 0 Å². The van der Waals surface area contributed by atoms with Gasteiger partial charge < -0.3 is 5.32 Å². The van der Waals surface area contributed by atoms with E-state index in [1.165, 1.54) is 0 Å². The van der Waals surface area contributed by atoms with E-state index in [2.05, 4.69) is 10.3 Å². The van der Waals surface area contributed by atoms with Crippen molar-refractivity contribution in [3.8, 4) is 0 Å². The van der Waals surface area contributed by atoms with Crippen molar-refractivity contribution < 1.29 is 4.79 Å². The van der Waals surface area contributed by atoms with Crippen LogP contribution in [-0.4, -0.2) is 17.4 Å². The normalized spacial score (nSPS) is 10.3. The minimum absolute atomic E-state index is 0.0693. The number of aryl methyl sites for hydroxylation is 1. The molecule has 0 aromatic carbocycles. The van der Waals surface area contributed by atoms with E-state index in [0.29, 0.717) is 0 Å². The van der Waals surface area contributed by atoms with Crippen LogP contribution < -0.4 is 5.32 Å². The maximum Gasteiger partial charge on any atom is 0.222 e. The van der Waals surface area contributed by atoms with Crippen LogP contribution in [0.25, 0.3) is 0 Å². The van der Waals surface area contributed by atoms with Crippen LogP contribution in [0.5, 0.6) is 0 Å². The lowest BCUT2D eigenvalue weighted by atomic mass is 10.2. The molecule has 15 heavy (non-hydrogen) atoms. The van der Waals surface area contributed by atoms with E-state index < -0.39 is 0 Å². The van der Waals surface area contributed by atoms with Gasteiger partial charge in [0, 0.05) is 24.4 Å². The summed E-state index contributed by atoms with van der Waals surface area (Å²) in [6.45, 7) is 4.52. The lowest BCUT2D eigenvalue weighted by Crippen LogP contribution is -2.28. The average molecular weight is 206 g/mol. The van der Waals surface area contributed by atoms with Gasteiger partial charge in [0.2, 0.25) is 5.91 Å². The molecule has 0 aliphatic rings. The summed E-state index contributed by atoms with van der Waals surface area (Å²) >= 11 is 0. The predicted molar refractivity (Wildman–Crippen MR) is 60.4 cm³/mol. The van der Waals surface area contributed by atoms with Gasteiger partial charge in [0.15, 0.2) is 0 Å². The largest absolute Gasteiger partial charge is 0.356 e. The molecule has 0 bridgehead atoms. The Hall–Kier alpha value is -1.38. The number of rotatable bonds is 5. The highest BCUT2D eigenvalue weighted by Gasteiger charge is 2.04. The molecule has 0 radical (unpaired) electrons. The molecule has 1 amide bonds. The summed E-state index contributed by atoms with van der Waals surface area (Å²) < 4.78 is 0. The Balaban J connectivity index is 2.15. The van der Waals surface area contributed by atoms with Gasteiger partial charge in [-0.25, -0.2) is 0 Å². The molecule has 82 valence electrons. The van der Waals surface area contributed by atoms with Crippen molar-refractivity contribution in [2.45, 2.75) is 26.7 Å². The van der Waals surface area contributed by atoms with E-state index in [0.717, 1.165) is 25.1 Å². The Morgan fingerprint density at radius 3 is 2.87 bits per heavy atom. The number of carbonyl (C=O) groups is 1. The van der Waals surface area contributed by atoms with E-state index in [-0.39, 0.29) is 11.8 Å². The zero-order valence-corrected chi connectivity index (χ0v) is 9.36. The van der Waals surface area contributed by atoms with Crippen LogP contribution in [0.1, 0.15) is 26.0 Å². The molecule has 1 aromatic heterocycles. The SMILES string of the molecule is CC(C)C(=O)NCCCc1ccccn1. The van der Waals surface area contributed by atoms with Crippen molar-refractivity contribution in [3.63, 3.8) is 0 Å². The number of nitrogens with zero attached hydrogens (tertiary/aromatic N) is 1. The van der Waals surface area contributed by atoms with Gasteiger partial charge in [0.05, 0.1) is 0 Å². The highest BCUT2D eigenvalue weighted by Crippen LogP contribution is 1.97. The van der Waals surface area contributed by atoms with Crippen molar-refractivity contribution in [2.24, 2.45) is 5.92 Å². The first-order valence-corrected chi connectivity index (χ1v) is 5.38. The third-order valence-corrected chi connectivity index (χ3v) is 2.16. The molecule has 0 unspecified atom stereocenters. The molecule has 3 heteroatoms. The Bertz CT molecular complexity index is 296. The van der Waals surface area contributed by atoms with Crippen LogP contribution >= 0.6 is 0 Å². The van der Waals surface area contributed by atoms with Crippen molar-refractivity contribution in [1.29, 1.82) is 0 Å². The molecule has 0 aliphatic carbocycles. The minimum atomic E-state index is 0.0693. The first-order chi connectivity index (χ1) is 7.20. The van der Waals surface area contributed by atoms with Gasteiger partial charge in [-0.1, -0.05) is 19.9 Å². The van der Waals surface area contributed by atoms with Gasteiger partial charge in [0.25, 0.3) is 0 Å². The topological polar surface area (TPSA) is 42.0 Å². The fraction of sp³-hybridized carbons (Fsp3) is 0.500. The highest BCUT2D eigenvalue weighted by atomic mass is 16.1. The van der Waals surface area contributed by atoms with E-state index in [9.17, 15) is 4.79 Å². The monoisotopic (exact) mass is 206 g/mol. The molecule has 0 atom stereocenters. The molecule has 1 aromatic rings. The molecule has 1 heterocycles. The van der Waals surface area contributed by atoms with Crippen LogP contribution in [0, 0.1) is 5.92 Å². The van der Waals surface area contributed by atoms with Gasteiger partial charge in [-0.05, 0) is 25.0 Å². The van der Waals surface area contributed by atoms with E-state index in [1.807, 2.05) is 32.0 Å². The van der Waals surface area contributed by atoms with Crippen molar-refractivity contribution in [1.82, 2.24) is 10.3 Å². The standard InChI is InChI=1S/C12H18N2O/c1-10(2)12(15)14-9-5-7-11-6-3-4-8-13-11/h3-4,6,8,10H,5,7,9H2,1-2H3,(H,14,15). The average Bonchev–Trinajstić information content (AvgIpc) is 2.25. The summed E-state index contributed by atoms with van der Waals surface area (Å²) in [7, 11) is 0. The van der Waals surface area contributed by atoms with Crippen LogP contribution in [0.15, 0.2) is 24.4 Å². The molecule has 0 spiro atoms. The van der Waals surface area contributed by atoms with Crippen molar-refractivity contribution in [3.05, 3.63) is 30.1 Å². The van der Waals surface area contributed by atoms with Gasteiger partial charge in [0.1, 0.15) is 0 Å². The number of pyridine rings is 1. The van der Waals surface area contributed by atoms with Crippen LogP contribution in [0.3, 0.4) is 0 Å². The fourth-order valence-electron chi connectivity index (χ4n) is 1.23. The highest BCUT2D eigenvalue weighted by molar-refractivity contribution is 5.77. The number of hydrogen-bond acceptors (Lipinski definition) is 2.